The molecule has 2 N–H and O–H groups in total. The summed E-state index contributed by atoms with van der Waals surface area (Å²) in [5.41, 5.74) is 1.87. The van der Waals surface area contributed by atoms with Crippen LogP contribution < -0.4 is 10.6 Å². The van der Waals surface area contributed by atoms with Crippen molar-refractivity contribution >= 4 is 23.4 Å². The van der Waals surface area contributed by atoms with Crippen molar-refractivity contribution in [2.24, 2.45) is 0 Å². The SMILES string of the molecule is CC(C)Sc1ccccc1C(=O)NCCCNc1ccccc1. The van der Waals surface area contributed by atoms with Crippen LogP contribution in [0.15, 0.2) is 59.5 Å². The fourth-order valence-corrected chi connectivity index (χ4v) is 3.14. The van der Waals surface area contributed by atoms with E-state index in [1.807, 2.05) is 54.6 Å². The van der Waals surface area contributed by atoms with Gasteiger partial charge in [0.25, 0.3) is 5.91 Å². The van der Waals surface area contributed by atoms with Gasteiger partial charge in [0, 0.05) is 28.9 Å². The van der Waals surface area contributed by atoms with Gasteiger partial charge >= 0.3 is 0 Å². The van der Waals surface area contributed by atoms with Gasteiger partial charge in [-0.1, -0.05) is 44.2 Å². The quantitative estimate of drug-likeness (QED) is 0.557. The van der Waals surface area contributed by atoms with Crippen LogP contribution in [-0.4, -0.2) is 24.2 Å². The Balaban J connectivity index is 1.77. The molecule has 1 amide bonds. The lowest BCUT2D eigenvalue weighted by Crippen LogP contribution is -2.26. The topological polar surface area (TPSA) is 41.1 Å². The lowest BCUT2D eigenvalue weighted by atomic mass is 10.2. The number of nitrogens with one attached hydrogen (secondary N) is 2. The van der Waals surface area contributed by atoms with Gasteiger partial charge in [0.15, 0.2) is 0 Å². The predicted octanol–water partition coefficient (Wildman–Crippen LogP) is 4.42. The monoisotopic (exact) mass is 328 g/mol. The van der Waals surface area contributed by atoms with Gasteiger partial charge in [-0.3, -0.25) is 4.79 Å². The average Bonchev–Trinajstić information content (AvgIpc) is 2.55. The molecule has 2 aromatic carbocycles. The molecule has 3 nitrogen and oxygen atoms in total. The minimum absolute atomic E-state index is 0.00783. The van der Waals surface area contributed by atoms with Crippen molar-refractivity contribution in [3.63, 3.8) is 0 Å². The molecule has 0 heterocycles. The molecule has 0 aliphatic heterocycles. The van der Waals surface area contributed by atoms with Gasteiger partial charge in [0.05, 0.1) is 5.56 Å². The van der Waals surface area contributed by atoms with Crippen LogP contribution in [0.2, 0.25) is 0 Å². The maximum absolute atomic E-state index is 12.3. The van der Waals surface area contributed by atoms with E-state index in [-0.39, 0.29) is 5.91 Å². The molecule has 0 saturated heterocycles. The second-order valence-corrected chi connectivity index (χ2v) is 7.18. The Morgan fingerprint density at radius 3 is 2.43 bits per heavy atom. The van der Waals surface area contributed by atoms with Gasteiger partial charge in [-0.05, 0) is 30.7 Å². The van der Waals surface area contributed by atoms with Crippen molar-refractivity contribution in [2.45, 2.75) is 30.4 Å². The van der Waals surface area contributed by atoms with Gasteiger partial charge in [0.1, 0.15) is 0 Å². The van der Waals surface area contributed by atoms with E-state index in [4.69, 9.17) is 0 Å². The molecule has 2 rings (SSSR count). The number of benzene rings is 2. The Labute approximate surface area is 142 Å². The van der Waals surface area contributed by atoms with E-state index in [2.05, 4.69) is 24.5 Å². The van der Waals surface area contributed by atoms with Crippen LogP contribution in [0.25, 0.3) is 0 Å². The molecule has 0 aromatic heterocycles. The van der Waals surface area contributed by atoms with Crippen molar-refractivity contribution < 1.29 is 4.79 Å². The highest BCUT2D eigenvalue weighted by molar-refractivity contribution is 8.00. The van der Waals surface area contributed by atoms with Gasteiger partial charge < -0.3 is 10.6 Å². The average molecular weight is 328 g/mol. The number of para-hydroxylation sites is 1. The fourth-order valence-electron chi connectivity index (χ4n) is 2.19. The molecular weight excluding hydrogens is 304 g/mol. The molecule has 0 aliphatic rings. The molecule has 0 unspecified atom stereocenters. The molecule has 0 bridgehead atoms. The molecule has 0 atom stereocenters. The lowest BCUT2D eigenvalue weighted by molar-refractivity contribution is 0.0950. The zero-order valence-electron chi connectivity index (χ0n) is 13.7. The number of carbonyl (C=O) groups excluding carboxylic acids is 1. The number of rotatable bonds is 8. The predicted molar refractivity (Wildman–Crippen MR) is 99.3 cm³/mol. The summed E-state index contributed by atoms with van der Waals surface area (Å²) >= 11 is 1.72. The zero-order valence-corrected chi connectivity index (χ0v) is 14.5. The Morgan fingerprint density at radius 1 is 1.00 bits per heavy atom. The van der Waals surface area contributed by atoms with E-state index in [0.717, 1.165) is 29.1 Å². The van der Waals surface area contributed by atoms with Crippen LogP contribution in [0, 0.1) is 0 Å². The Bertz CT molecular complexity index is 614. The second-order valence-electron chi connectivity index (χ2n) is 5.57. The molecule has 122 valence electrons. The van der Waals surface area contributed by atoms with Crippen LogP contribution in [-0.2, 0) is 0 Å². The number of carbonyl (C=O) groups is 1. The minimum atomic E-state index is 0.00783. The Morgan fingerprint density at radius 2 is 1.70 bits per heavy atom. The van der Waals surface area contributed by atoms with Crippen LogP contribution in [0.3, 0.4) is 0 Å². The molecule has 2 aromatic rings. The third kappa shape index (κ3) is 5.99. The number of thioether (sulfide) groups is 1. The van der Waals surface area contributed by atoms with Gasteiger partial charge in [-0.25, -0.2) is 0 Å². The van der Waals surface area contributed by atoms with Gasteiger partial charge in [0.2, 0.25) is 0 Å². The molecule has 0 fully saturated rings. The summed E-state index contributed by atoms with van der Waals surface area (Å²) in [7, 11) is 0. The first-order chi connectivity index (χ1) is 11.2. The van der Waals surface area contributed by atoms with E-state index in [0.29, 0.717) is 11.8 Å². The summed E-state index contributed by atoms with van der Waals surface area (Å²) in [6.07, 6.45) is 0.889. The molecular formula is C19H24N2OS. The maximum Gasteiger partial charge on any atom is 0.252 e. The molecule has 23 heavy (non-hydrogen) atoms. The van der Waals surface area contributed by atoms with Crippen LogP contribution in [0.1, 0.15) is 30.6 Å². The van der Waals surface area contributed by atoms with Crippen molar-refractivity contribution in [1.29, 1.82) is 0 Å². The first-order valence-electron chi connectivity index (χ1n) is 7.99. The summed E-state index contributed by atoms with van der Waals surface area (Å²) in [5, 5.41) is 6.80. The van der Waals surface area contributed by atoms with Crippen LogP contribution in [0.4, 0.5) is 5.69 Å². The van der Waals surface area contributed by atoms with Crippen molar-refractivity contribution in [2.75, 3.05) is 18.4 Å². The van der Waals surface area contributed by atoms with Gasteiger partial charge in [-0.2, -0.15) is 0 Å². The second kappa shape index (κ2) is 9.26. The highest BCUT2D eigenvalue weighted by Crippen LogP contribution is 2.26. The highest BCUT2D eigenvalue weighted by Gasteiger charge is 2.11. The summed E-state index contributed by atoms with van der Waals surface area (Å²) in [6, 6.07) is 17.9. The number of hydrogen-bond acceptors (Lipinski definition) is 3. The van der Waals surface area contributed by atoms with E-state index < -0.39 is 0 Å². The van der Waals surface area contributed by atoms with E-state index in [1.54, 1.807) is 11.8 Å². The summed E-state index contributed by atoms with van der Waals surface area (Å²) in [5.74, 6) is 0.00783. The molecule has 0 spiro atoms. The van der Waals surface area contributed by atoms with Crippen molar-refractivity contribution in [3.8, 4) is 0 Å². The fraction of sp³-hybridized carbons (Fsp3) is 0.316. The van der Waals surface area contributed by atoms with Gasteiger partial charge in [-0.15, -0.1) is 11.8 Å². The third-order valence-electron chi connectivity index (χ3n) is 3.24. The first-order valence-corrected chi connectivity index (χ1v) is 8.87. The smallest absolute Gasteiger partial charge is 0.252 e. The highest BCUT2D eigenvalue weighted by atomic mass is 32.2. The standard InChI is InChI=1S/C19H24N2OS/c1-15(2)23-18-12-7-6-11-17(18)19(22)21-14-8-13-20-16-9-4-3-5-10-16/h3-7,9-12,15,20H,8,13-14H2,1-2H3,(H,21,22). The molecule has 4 heteroatoms. The summed E-state index contributed by atoms with van der Waals surface area (Å²) in [4.78, 5) is 13.4. The van der Waals surface area contributed by atoms with E-state index in [1.165, 1.54) is 0 Å². The Hall–Kier alpha value is -1.94. The Kier molecular flexibility index (Phi) is 7.01. The van der Waals surface area contributed by atoms with E-state index >= 15 is 0 Å². The minimum Gasteiger partial charge on any atom is -0.385 e. The maximum atomic E-state index is 12.3. The molecule has 0 aliphatic carbocycles. The molecule has 0 saturated carbocycles. The number of hydrogen-bond donors (Lipinski definition) is 2. The summed E-state index contributed by atoms with van der Waals surface area (Å²) in [6.45, 7) is 5.77. The van der Waals surface area contributed by atoms with Crippen LogP contribution in [0.5, 0.6) is 0 Å². The zero-order chi connectivity index (χ0) is 16.5. The third-order valence-corrected chi connectivity index (χ3v) is 4.32. The van der Waals surface area contributed by atoms with Crippen LogP contribution >= 0.6 is 11.8 Å². The van der Waals surface area contributed by atoms with Crippen molar-refractivity contribution in [3.05, 3.63) is 60.2 Å². The lowest BCUT2D eigenvalue weighted by Gasteiger charge is -2.12. The normalized spacial score (nSPS) is 10.6. The summed E-state index contributed by atoms with van der Waals surface area (Å²) < 4.78 is 0. The first kappa shape index (κ1) is 17.4. The molecule has 0 radical (unpaired) electrons. The number of anilines is 1. The van der Waals surface area contributed by atoms with Crippen molar-refractivity contribution in [1.82, 2.24) is 5.32 Å². The largest absolute Gasteiger partial charge is 0.385 e. The number of amides is 1. The van der Waals surface area contributed by atoms with E-state index in [9.17, 15) is 4.79 Å².